The van der Waals surface area contributed by atoms with Gasteiger partial charge in [-0.15, -0.1) is 11.3 Å². The number of nitrogens with zero attached hydrogens (tertiary/aromatic N) is 2. The van der Waals surface area contributed by atoms with Crippen molar-refractivity contribution in [2.24, 2.45) is 5.73 Å². The Morgan fingerprint density at radius 2 is 2.07 bits per heavy atom. The van der Waals surface area contributed by atoms with Gasteiger partial charge in [-0.1, -0.05) is 18.2 Å². The molecule has 1 atom stereocenters. The van der Waals surface area contributed by atoms with Crippen molar-refractivity contribution in [3.05, 3.63) is 50.9 Å². The summed E-state index contributed by atoms with van der Waals surface area (Å²) in [5.74, 6) is -0.0352. The van der Waals surface area contributed by atoms with Gasteiger partial charge in [-0.2, -0.15) is 0 Å². The summed E-state index contributed by atoms with van der Waals surface area (Å²) in [5, 5.41) is 2.54. The van der Waals surface area contributed by atoms with Crippen LogP contribution in [-0.4, -0.2) is 29.2 Å². The summed E-state index contributed by atoms with van der Waals surface area (Å²) in [4.78, 5) is 30.7. The van der Waals surface area contributed by atoms with Crippen molar-refractivity contribution in [3.8, 4) is 11.1 Å². The first-order valence-electron chi connectivity index (χ1n) is 9.94. The Kier molecular flexibility index (Phi) is 5.52. The third kappa shape index (κ3) is 3.60. The Morgan fingerprint density at radius 1 is 1.31 bits per heavy atom. The van der Waals surface area contributed by atoms with E-state index in [4.69, 9.17) is 15.5 Å². The Labute approximate surface area is 173 Å². The molecule has 1 amide bonds. The molecule has 0 saturated carbocycles. The van der Waals surface area contributed by atoms with Crippen molar-refractivity contribution >= 4 is 27.5 Å². The van der Waals surface area contributed by atoms with Crippen molar-refractivity contribution in [2.75, 3.05) is 13.7 Å². The molecule has 0 aliphatic heterocycles. The van der Waals surface area contributed by atoms with Gasteiger partial charge in [0, 0.05) is 24.5 Å². The molecule has 1 aliphatic carbocycles. The van der Waals surface area contributed by atoms with Crippen LogP contribution in [0.25, 0.3) is 21.3 Å². The topological polar surface area (TPSA) is 87.2 Å². The molecule has 0 bridgehead atoms. The van der Waals surface area contributed by atoms with E-state index >= 15 is 0 Å². The van der Waals surface area contributed by atoms with E-state index in [9.17, 15) is 9.59 Å². The molecule has 29 heavy (non-hydrogen) atoms. The lowest BCUT2D eigenvalue weighted by atomic mass is 9.89. The molecular formula is C22H25N3O3S. The van der Waals surface area contributed by atoms with E-state index in [1.165, 1.54) is 39.9 Å². The lowest BCUT2D eigenvalue weighted by Gasteiger charge is -2.18. The molecule has 2 N–H and O–H groups in total. The zero-order valence-corrected chi connectivity index (χ0v) is 17.6. The van der Waals surface area contributed by atoms with Crippen LogP contribution in [0.3, 0.4) is 0 Å². The Balaban J connectivity index is 1.90. The van der Waals surface area contributed by atoms with E-state index in [2.05, 4.69) is 18.2 Å². The van der Waals surface area contributed by atoms with E-state index in [0.29, 0.717) is 29.1 Å². The summed E-state index contributed by atoms with van der Waals surface area (Å²) in [7, 11) is 1.60. The number of amides is 1. The zero-order valence-electron chi connectivity index (χ0n) is 16.7. The first-order valence-corrected chi connectivity index (χ1v) is 10.8. The fraction of sp³-hybridized carbons (Fsp3) is 0.409. The Morgan fingerprint density at radius 3 is 2.79 bits per heavy atom. The molecule has 0 radical (unpaired) electrons. The summed E-state index contributed by atoms with van der Waals surface area (Å²) in [6.07, 6.45) is 5.07. The SMILES string of the molecule is COCCc1nc2scc(-c3ccc4c(c3)CCCC4)c2c(=O)n1C(C)C(N)=O. The minimum atomic E-state index is -0.775. The Hall–Kier alpha value is -2.51. The van der Waals surface area contributed by atoms with Crippen molar-refractivity contribution in [1.82, 2.24) is 9.55 Å². The monoisotopic (exact) mass is 411 g/mol. The predicted octanol–water partition coefficient (Wildman–Crippen LogP) is 3.24. The van der Waals surface area contributed by atoms with Gasteiger partial charge in [0.15, 0.2) is 0 Å². The number of benzene rings is 1. The lowest BCUT2D eigenvalue weighted by molar-refractivity contribution is -0.120. The average molecular weight is 412 g/mol. The van der Waals surface area contributed by atoms with Gasteiger partial charge in [0.25, 0.3) is 5.56 Å². The maximum Gasteiger partial charge on any atom is 0.263 e. The lowest BCUT2D eigenvalue weighted by Crippen LogP contribution is -2.35. The minimum absolute atomic E-state index is 0.221. The number of aryl methyl sites for hydroxylation is 2. The maximum absolute atomic E-state index is 13.5. The van der Waals surface area contributed by atoms with Gasteiger partial charge in [0.05, 0.1) is 12.0 Å². The number of carbonyl (C=O) groups excluding carboxylic acids is 1. The highest BCUT2D eigenvalue weighted by Crippen LogP contribution is 2.34. The van der Waals surface area contributed by atoms with E-state index in [1.807, 2.05) is 5.38 Å². The summed E-state index contributed by atoms with van der Waals surface area (Å²) >= 11 is 1.46. The number of aromatic nitrogens is 2. The smallest absolute Gasteiger partial charge is 0.263 e. The maximum atomic E-state index is 13.5. The number of hydrogen-bond acceptors (Lipinski definition) is 5. The van der Waals surface area contributed by atoms with E-state index in [-0.39, 0.29) is 5.56 Å². The quantitative estimate of drug-likeness (QED) is 0.675. The third-order valence-corrected chi connectivity index (χ3v) is 6.57. The predicted molar refractivity (Wildman–Crippen MR) is 115 cm³/mol. The number of thiophene rings is 1. The second-order valence-electron chi connectivity index (χ2n) is 7.54. The number of fused-ring (bicyclic) bond motifs is 2. The number of methoxy groups -OCH3 is 1. The van der Waals surface area contributed by atoms with Gasteiger partial charge in [0.2, 0.25) is 5.91 Å². The third-order valence-electron chi connectivity index (χ3n) is 5.70. The normalized spacial score (nSPS) is 14.7. The van der Waals surface area contributed by atoms with E-state index < -0.39 is 11.9 Å². The largest absolute Gasteiger partial charge is 0.384 e. The molecule has 0 fully saturated rings. The van der Waals surface area contributed by atoms with Crippen LogP contribution in [0, 0.1) is 0 Å². The summed E-state index contributed by atoms with van der Waals surface area (Å²) in [5.41, 5.74) is 9.97. The molecule has 2 heterocycles. The Bertz CT molecular complexity index is 1130. The van der Waals surface area contributed by atoms with Gasteiger partial charge in [-0.05, 0) is 49.3 Å². The van der Waals surface area contributed by atoms with Crippen molar-refractivity contribution in [2.45, 2.75) is 45.1 Å². The minimum Gasteiger partial charge on any atom is -0.384 e. The molecule has 0 spiro atoms. The van der Waals surface area contributed by atoms with Gasteiger partial charge in [-0.3, -0.25) is 14.2 Å². The highest BCUT2D eigenvalue weighted by atomic mass is 32.1. The zero-order chi connectivity index (χ0) is 20.5. The summed E-state index contributed by atoms with van der Waals surface area (Å²) in [6.45, 7) is 2.05. The fourth-order valence-corrected chi connectivity index (χ4v) is 5.01. The van der Waals surface area contributed by atoms with Crippen LogP contribution in [0.2, 0.25) is 0 Å². The van der Waals surface area contributed by atoms with Crippen LogP contribution >= 0.6 is 11.3 Å². The second kappa shape index (κ2) is 8.08. The molecule has 3 aromatic rings. The molecule has 152 valence electrons. The molecule has 7 heteroatoms. The first kappa shape index (κ1) is 19.8. The van der Waals surface area contributed by atoms with Crippen LogP contribution in [0.15, 0.2) is 28.4 Å². The number of rotatable bonds is 6. The van der Waals surface area contributed by atoms with Gasteiger partial charge in [-0.25, -0.2) is 4.98 Å². The molecule has 1 aromatic carbocycles. The van der Waals surface area contributed by atoms with Crippen LogP contribution in [0.5, 0.6) is 0 Å². The van der Waals surface area contributed by atoms with Gasteiger partial charge < -0.3 is 10.5 Å². The number of hydrogen-bond donors (Lipinski definition) is 1. The molecule has 6 nitrogen and oxygen atoms in total. The van der Waals surface area contributed by atoms with E-state index in [0.717, 1.165) is 24.0 Å². The van der Waals surface area contributed by atoms with E-state index in [1.54, 1.807) is 14.0 Å². The summed E-state index contributed by atoms with van der Waals surface area (Å²) < 4.78 is 6.58. The van der Waals surface area contributed by atoms with Crippen LogP contribution in [0.1, 0.15) is 42.8 Å². The fourth-order valence-electron chi connectivity index (χ4n) is 4.06. The van der Waals surface area contributed by atoms with Crippen LogP contribution in [0.4, 0.5) is 0 Å². The number of primary amides is 1. The molecule has 2 aromatic heterocycles. The van der Waals surface area contributed by atoms with Crippen LogP contribution in [-0.2, 0) is 28.8 Å². The average Bonchev–Trinajstić information content (AvgIpc) is 3.15. The van der Waals surface area contributed by atoms with Crippen molar-refractivity contribution < 1.29 is 9.53 Å². The van der Waals surface area contributed by atoms with Crippen molar-refractivity contribution in [3.63, 3.8) is 0 Å². The first-order chi connectivity index (χ1) is 14.0. The standard InChI is InChI=1S/C22H25N3O3S/c1-13(20(23)26)25-18(9-10-28-2)24-21-19(22(25)27)17(12-29-21)16-8-7-14-5-3-4-6-15(14)11-16/h7-8,11-13H,3-6,9-10H2,1-2H3,(H2,23,26). The highest BCUT2D eigenvalue weighted by molar-refractivity contribution is 7.17. The number of carbonyl (C=O) groups is 1. The second-order valence-corrected chi connectivity index (χ2v) is 8.40. The molecule has 4 rings (SSSR count). The molecule has 0 saturated heterocycles. The molecule has 1 unspecified atom stereocenters. The van der Waals surface area contributed by atoms with Gasteiger partial charge in [0.1, 0.15) is 16.7 Å². The van der Waals surface area contributed by atoms with Gasteiger partial charge >= 0.3 is 0 Å². The van der Waals surface area contributed by atoms with Crippen LogP contribution < -0.4 is 11.3 Å². The highest BCUT2D eigenvalue weighted by Gasteiger charge is 2.23. The molecule has 1 aliphatic rings. The number of ether oxygens (including phenoxy) is 1. The molecular weight excluding hydrogens is 386 g/mol. The number of nitrogens with two attached hydrogens (primary N) is 1. The van der Waals surface area contributed by atoms with Crippen molar-refractivity contribution in [1.29, 1.82) is 0 Å². The summed E-state index contributed by atoms with van der Waals surface area (Å²) in [6, 6.07) is 5.70.